The maximum absolute atomic E-state index is 11.3. The topological polar surface area (TPSA) is 32.3 Å². The first-order valence-electron chi connectivity index (χ1n) is 3.74. The Hall–Kier alpha value is 0.270. The van der Waals surface area contributed by atoms with Crippen molar-refractivity contribution in [3.8, 4) is 0 Å². The van der Waals surface area contributed by atoms with E-state index in [1.807, 2.05) is 0 Å². The minimum atomic E-state index is -0.583. The lowest BCUT2D eigenvalue weighted by atomic mass is 9.96. The fourth-order valence-electron chi connectivity index (χ4n) is 1.86. The zero-order valence-corrected chi connectivity index (χ0v) is 6.89. The van der Waals surface area contributed by atoms with Crippen molar-refractivity contribution < 1.29 is 9.29 Å². The molecule has 2 aliphatic heterocycles. The third-order valence-corrected chi connectivity index (χ3v) is 4.58. The molecular weight excluding hydrogens is 148 g/mol. The molecule has 0 aromatic rings. The summed E-state index contributed by atoms with van der Waals surface area (Å²) >= 11 is -0.583. The Balaban J connectivity index is 2.11. The van der Waals surface area contributed by atoms with Crippen molar-refractivity contribution >= 4 is 11.2 Å². The van der Waals surface area contributed by atoms with Gasteiger partial charge in [-0.3, -0.25) is 0 Å². The molecule has 58 valence electrons. The molecule has 0 radical (unpaired) electrons. The molecular formula is C7H12O2S. The summed E-state index contributed by atoms with van der Waals surface area (Å²) in [6.07, 6.45) is 0. The van der Waals surface area contributed by atoms with Crippen LogP contribution in [0.2, 0.25) is 0 Å². The molecule has 0 aromatic carbocycles. The lowest BCUT2D eigenvalue weighted by Crippen LogP contribution is -2.21. The van der Waals surface area contributed by atoms with Crippen LogP contribution in [0.5, 0.6) is 0 Å². The first-order valence-corrected chi connectivity index (χ1v) is 5.12. The third kappa shape index (κ3) is 0.881. The van der Waals surface area contributed by atoms with E-state index in [1.54, 1.807) is 0 Å². The zero-order chi connectivity index (χ0) is 7.14. The molecule has 0 saturated carbocycles. The largest absolute Gasteiger partial charge is 0.616 e. The average molecular weight is 160 g/mol. The SMILES string of the molecule is CC1C[S+]([O-])C2COCC12. The normalized spacial score (nSPS) is 53.4. The van der Waals surface area contributed by atoms with Crippen LogP contribution in [0.4, 0.5) is 0 Å². The third-order valence-electron chi connectivity index (χ3n) is 2.57. The second-order valence-electron chi connectivity index (χ2n) is 3.26. The summed E-state index contributed by atoms with van der Waals surface area (Å²) in [6, 6.07) is 0. The van der Waals surface area contributed by atoms with E-state index >= 15 is 0 Å². The molecule has 4 atom stereocenters. The molecule has 2 rings (SSSR count). The molecule has 2 nitrogen and oxygen atoms in total. The van der Waals surface area contributed by atoms with Crippen LogP contribution in [0.15, 0.2) is 0 Å². The fourth-order valence-corrected chi connectivity index (χ4v) is 3.86. The van der Waals surface area contributed by atoms with Crippen molar-refractivity contribution in [3.63, 3.8) is 0 Å². The van der Waals surface area contributed by atoms with E-state index < -0.39 is 11.2 Å². The van der Waals surface area contributed by atoms with Gasteiger partial charge in [-0.05, 0) is 11.2 Å². The molecule has 2 saturated heterocycles. The molecule has 0 bridgehead atoms. The van der Waals surface area contributed by atoms with Gasteiger partial charge in [0.2, 0.25) is 0 Å². The van der Waals surface area contributed by atoms with Crippen molar-refractivity contribution in [1.29, 1.82) is 0 Å². The Labute approximate surface area is 64.1 Å². The smallest absolute Gasteiger partial charge is 0.144 e. The highest BCUT2D eigenvalue weighted by atomic mass is 32.2. The lowest BCUT2D eigenvalue weighted by molar-refractivity contribution is 0.176. The van der Waals surface area contributed by atoms with E-state index in [1.165, 1.54) is 0 Å². The second-order valence-corrected chi connectivity index (χ2v) is 4.96. The Bertz CT molecular complexity index is 126. The summed E-state index contributed by atoms with van der Waals surface area (Å²) in [5, 5.41) is 0.370. The number of hydrogen-bond acceptors (Lipinski definition) is 2. The first kappa shape index (κ1) is 6.95. The molecule has 4 unspecified atom stereocenters. The van der Waals surface area contributed by atoms with Gasteiger partial charge in [-0.15, -0.1) is 0 Å². The minimum Gasteiger partial charge on any atom is -0.616 e. The van der Waals surface area contributed by atoms with Gasteiger partial charge in [-0.2, -0.15) is 0 Å². The van der Waals surface area contributed by atoms with Crippen LogP contribution in [0.1, 0.15) is 6.92 Å². The van der Waals surface area contributed by atoms with Gasteiger partial charge in [0.25, 0.3) is 0 Å². The Morgan fingerprint density at radius 3 is 3.00 bits per heavy atom. The van der Waals surface area contributed by atoms with Crippen LogP contribution in [0.3, 0.4) is 0 Å². The average Bonchev–Trinajstić information content (AvgIpc) is 2.39. The molecule has 0 aliphatic carbocycles. The van der Waals surface area contributed by atoms with Crippen molar-refractivity contribution in [2.75, 3.05) is 19.0 Å². The maximum atomic E-state index is 11.3. The van der Waals surface area contributed by atoms with Gasteiger partial charge in [0.15, 0.2) is 0 Å². The highest BCUT2D eigenvalue weighted by Crippen LogP contribution is 2.36. The molecule has 2 aliphatic rings. The number of rotatable bonds is 0. The van der Waals surface area contributed by atoms with Gasteiger partial charge in [-0.25, -0.2) is 0 Å². The minimum absolute atomic E-state index is 0.370. The van der Waals surface area contributed by atoms with Crippen LogP contribution in [-0.2, 0) is 15.9 Å². The van der Waals surface area contributed by atoms with E-state index in [4.69, 9.17) is 4.74 Å². The number of fused-ring (bicyclic) bond motifs is 1. The highest BCUT2D eigenvalue weighted by molar-refractivity contribution is 7.92. The van der Waals surface area contributed by atoms with Gasteiger partial charge in [-0.1, -0.05) is 6.92 Å². The van der Waals surface area contributed by atoms with Crippen LogP contribution in [-0.4, -0.2) is 28.8 Å². The van der Waals surface area contributed by atoms with Gasteiger partial charge in [0.1, 0.15) is 11.0 Å². The van der Waals surface area contributed by atoms with Crippen molar-refractivity contribution in [2.24, 2.45) is 11.8 Å². The van der Waals surface area contributed by atoms with Crippen LogP contribution >= 0.6 is 0 Å². The fraction of sp³-hybridized carbons (Fsp3) is 1.00. The Kier molecular flexibility index (Phi) is 1.66. The molecule has 0 aromatic heterocycles. The predicted octanol–water partition coefficient (Wildman–Crippen LogP) is 0.400. The summed E-state index contributed by atoms with van der Waals surface area (Å²) in [5.41, 5.74) is 0. The van der Waals surface area contributed by atoms with Gasteiger partial charge >= 0.3 is 0 Å². The van der Waals surface area contributed by atoms with E-state index in [0.29, 0.717) is 17.1 Å². The van der Waals surface area contributed by atoms with Crippen LogP contribution in [0, 0.1) is 11.8 Å². The zero-order valence-electron chi connectivity index (χ0n) is 6.08. The van der Waals surface area contributed by atoms with Crippen molar-refractivity contribution in [1.82, 2.24) is 0 Å². The molecule has 2 heterocycles. The van der Waals surface area contributed by atoms with E-state index in [9.17, 15) is 4.55 Å². The van der Waals surface area contributed by atoms with E-state index in [2.05, 4.69) is 6.92 Å². The maximum Gasteiger partial charge on any atom is 0.144 e. The monoisotopic (exact) mass is 160 g/mol. The Morgan fingerprint density at radius 1 is 1.50 bits per heavy atom. The van der Waals surface area contributed by atoms with Crippen LogP contribution in [0.25, 0.3) is 0 Å². The first-order chi connectivity index (χ1) is 4.79. The summed E-state index contributed by atoms with van der Waals surface area (Å²) in [5.74, 6) is 2.12. The quantitative estimate of drug-likeness (QED) is 0.480. The van der Waals surface area contributed by atoms with Gasteiger partial charge in [0, 0.05) is 11.8 Å². The van der Waals surface area contributed by atoms with E-state index in [0.717, 1.165) is 19.0 Å². The molecule has 2 fully saturated rings. The van der Waals surface area contributed by atoms with E-state index in [-0.39, 0.29) is 0 Å². The standard InChI is InChI=1S/C7H12O2S/c1-5-4-10(8)7-3-9-2-6(5)7/h5-7H,2-4H2,1H3. The Morgan fingerprint density at radius 2 is 2.30 bits per heavy atom. The van der Waals surface area contributed by atoms with Crippen molar-refractivity contribution in [3.05, 3.63) is 0 Å². The summed E-state index contributed by atoms with van der Waals surface area (Å²) < 4.78 is 16.6. The molecule has 10 heavy (non-hydrogen) atoms. The molecule has 0 amide bonds. The van der Waals surface area contributed by atoms with Crippen LogP contribution < -0.4 is 0 Å². The summed E-state index contributed by atoms with van der Waals surface area (Å²) in [7, 11) is 0. The van der Waals surface area contributed by atoms with Gasteiger partial charge < -0.3 is 9.29 Å². The molecule has 3 heteroatoms. The summed E-state index contributed by atoms with van der Waals surface area (Å²) in [4.78, 5) is 0. The van der Waals surface area contributed by atoms with Gasteiger partial charge in [0.05, 0.1) is 13.2 Å². The number of ether oxygens (including phenoxy) is 1. The predicted molar refractivity (Wildman–Crippen MR) is 40.3 cm³/mol. The number of hydrogen-bond donors (Lipinski definition) is 0. The summed E-state index contributed by atoms with van der Waals surface area (Å²) in [6.45, 7) is 3.76. The molecule has 0 N–H and O–H groups in total. The second kappa shape index (κ2) is 2.40. The van der Waals surface area contributed by atoms with Crippen molar-refractivity contribution in [2.45, 2.75) is 12.2 Å². The molecule has 0 spiro atoms. The highest BCUT2D eigenvalue weighted by Gasteiger charge is 2.47. The lowest BCUT2D eigenvalue weighted by Gasteiger charge is -2.08.